The predicted octanol–water partition coefficient (Wildman–Crippen LogP) is 5.34. The molecule has 1 aliphatic carbocycles. The lowest BCUT2D eigenvalue weighted by atomic mass is 9.90. The van der Waals surface area contributed by atoms with E-state index >= 15 is 24.0 Å². The lowest BCUT2D eigenvalue weighted by molar-refractivity contribution is -0.136. The second-order valence-corrected chi connectivity index (χ2v) is 29.3. The summed E-state index contributed by atoms with van der Waals surface area (Å²) in [5.41, 5.74) is 19.5. The fraction of sp³-hybridized carbons (Fsp3) is 0.405. The summed E-state index contributed by atoms with van der Waals surface area (Å²) in [7, 11) is 1.68. The van der Waals surface area contributed by atoms with Gasteiger partial charge in [0.25, 0.3) is 5.91 Å². The van der Waals surface area contributed by atoms with Crippen LogP contribution >= 0.6 is 0 Å². The van der Waals surface area contributed by atoms with Crippen LogP contribution in [-0.2, 0) is 70.6 Å². The highest BCUT2D eigenvalue weighted by atomic mass is 16.3. The molecule has 11 rings (SSSR count). The number of nitrogens with one attached hydrogen (secondary N) is 12. The minimum atomic E-state index is -1.47. The van der Waals surface area contributed by atoms with Crippen LogP contribution in [-0.4, -0.2) is 188 Å². The maximum absolute atomic E-state index is 15.3. The van der Waals surface area contributed by atoms with Crippen molar-refractivity contribution in [2.75, 3.05) is 51.2 Å². The zero-order valence-corrected chi connectivity index (χ0v) is 66.2. The topological polar surface area (TPSA) is 439 Å². The summed E-state index contributed by atoms with van der Waals surface area (Å²) in [4.78, 5) is 151. The molecule has 4 aromatic carbocycles. The van der Waals surface area contributed by atoms with Gasteiger partial charge in [0.05, 0.1) is 23.8 Å². The number of aromatic nitrogens is 7. The number of primary amides is 1. The number of nitrogens with two attached hydrogens (primary N) is 2. The summed E-state index contributed by atoms with van der Waals surface area (Å²) in [5.74, 6) is -6.71. The van der Waals surface area contributed by atoms with Crippen LogP contribution in [0.15, 0.2) is 145 Å². The zero-order valence-electron chi connectivity index (χ0n) is 66.2. The van der Waals surface area contributed by atoms with Crippen molar-refractivity contribution < 1.29 is 47.6 Å². The molecule has 115 heavy (non-hydrogen) atoms. The van der Waals surface area contributed by atoms with Gasteiger partial charge in [-0.2, -0.15) is 0 Å². The first kappa shape index (κ1) is 83.2. The van der Waals surface area contributed by atoms with Crippen molar-refractivity contribution in [1.29, 1.82) is 5.41 Å². The van der Waals surface area contributed by atoms with Crippen molar-refractivity contribution in [3.8, 4) is 22.5 Å². The van der Waals surface area contributed by atoms with Crippen LogP contribution in [0.3, 0.4) is 0 Å². The number of H-pyrrole nitrogens is 3. The number of para-hydroxylation sites is 2. The SMILES string of the molecule is CC[C@H](C)[C@@H]1NC(=O)[C@@H](NC(=O)CCCN(C)C(=O)c2ccccc2-c2c3ccc(=[N+](CC)CC)cc-3oc3cc(N(CC)CC)ccc23)Cc2cn(nn2)CCCC[C@@H](C(N)=O)NC(=O)[C@H](Cc2c[nH]c3ccccc23)NC(=O)[C@H](CCCNC(=N)N)NC(=O)[C@H](Cc2c[nH]c3ccccc23)NC(=O)[C@H](Cc2c[nH]cn2)NC1=O. The lowest BCUT2D eigenvalue weighted by Crippen LogP contribution is -2.61. The highest BCUT2D eigenvalue weighted by Crippen LogP contribution is 2.42. The third-order valence-corrected chi connectivity index (χ3v) is 21.5. The van der Waals surface area contributed by atoms with E-state index in [-0.39, 0.29) is 95.0 Å². The molecular formula is C84H106N21O10+. The molecule has 0 unspecified atom stereocenters. The molecule has 31 heteroatoms. The normalized spacial score (nSPS) is 18.8. The molecule has 2 bridgehead atoms. The Morgan fingerprint density at radius 3 is 1.97 bits per heavy atom. The molecule has 0 spiro atoms. The van der Waals surface area contributed by atoms with E-state index in [1.165, 1.54) is 11.0 Å². The number of hydrogen-bond donors (Lipinski definition) is 14. The molecular weight excluding hydrogens is 1460 g/mol. The molecule has 8 aromatic rings. The summed E-state index contributed by atoms with van der Waals surface area (Å²) in [6.07, 6.45) is 8.54. The summed E-state index contributed by atoms with van der Waals surface area (Å²) < 4.78 is 10.6. The largest absolute Gasteiger partial charge is 0.456 e. The van der Waals surface area contributed by atoms with Gasteiger partial charge in [-0.3, -0.25) is 53.2 Å². The fourth-order valence-corrected chi connectivity index (χ4v) is 14.9. The number of aryl methyl sites for hydroxylation is 1. The number of amides is 9. The first-order valence-corrected chi connectivity index (χ1v) is 39.7. The van der Waals surface area contributed by atoms with Crippen molar-refractivity contribution in [2.24, 2.45) is 17.4 Å². The van der Waals surface area contributed by atoms with E-state index in [0.29, 0.717) is 58.6 Å². The Hall–Kier alpha value is -12.7. The van der Waals surface area contributed by atoms with Crippen molar-refractivity contribution in [3.05, 3.63) is 174 Å². The summed E-state index contributed by atoms with van der Waals surface area (Å²) in [5, 5.41) is 42.7. The van der Waals surface area contributed by atoms with Crippen molar-refractivity contribution in [3.63, 3.8) is 0 Å². The Bertz CT molecular complexity index is 5150. The van der Waals surface area contributed by atoms with E-state index in [9.17, 15) is 19.2 Å². The number of fused-ring (bicyclic) bond motifs is 6. The highest BCUT2D eigenvalue weighted by Gasteiger charge is 2.38. The number of nitrogens with zero attached hydrogens (tertiary/aromatic N) is 7. The molecule has 31 nitrogen and oxygen atoms in total. The molecule has 0 saturated heterocycles. The lowest BCUT2D eigenvalue weighted by Gasteiger charge is -2.29. The van der Waals surface area contributed by atoms with E-state index in [1.54, 1.807) is 49.7 Å². The Kier molecular flexibility index (Phi) is 28.4. The van der Waals surface area contributed by atoms with Gasteiger partial charge in [0.2, 0.25) is 52.6 Å². The smallest absolute Gasteiger partial charge is 0.254 e. The minimum absolute atomic E-state index is 0.0662. The molecule has 0 fully saturated rings. The van der Waals surface area contributed by atoms with Gasteiger partial charge in [0, 0.05) is 158 Å². The molecule has 2 aliphatic heterocycles. The van der Waals surface area contributed by atoms with E-state index in [0.717, 1.165) is 75.5 Å². The highest BCUT2D eigenvalue weighted by molar-refractivity contribution is 6.10. The molecule has 0 radical (unpaired) electrons. The summed E-state index contributed by atoms with van der Waals surface area (Å²) in [6.45, 7) is 15.7. The Balaban J connectivity index is 0.884. The van der Waals surface area contributed by atoms with Crippen LogP contribution in [0.2, 0.25) is 0 Å². The fourth-order valence-electron chi connectivity index (χ4n) is 14.9. The number of imidazole rings is 1. The van der Waals surface area contributed by atoms with Crippen LogP contribution in [0.4, 0.5) is 5.69 Å². The van der Waals surface area contributed by atoms with Crippen LogP contribution in [0.25, 0.3) is 55.2 Å². The van der Waals surface area contributed by atoms with Gasteiger partial charge in [-0.1, -0.05) is 80.1 Å². The van der Waals surface area contributed by atoms with E-state index < -0.39 is 95.5 Å². The third kappa shape index (κ3) is 21.0. The number of rotatable bonds is 25. The molecule has 6 heterocycles. The van der Waals surface area contributed by atoms with Crippen LogP contribution in [0, 0.1) is 11.3 Å². The van der Waals surface area contributed by atoms with Crippen molar-refractivity contribution >= 4 is 97.6 Å². The second kappa shape index (κ2) is 39.2. The van der Waals surface area contributed by atoms with E-state index in [1.807, 2.05) is 73.7 Å². The van der Waals surface area contributed by atoms with Crippen LogP contribution in [0.5, 0.6) is 0 Å². The minimum Gasteiger partial charge on any atom is -0.456 e. The maximum Gasteiger partial charge on any atom is 0.254 e. The molecule has 606 valence electrons. The average molecular weight is 1570 g/mol. The molecule has 9 amide bonds. The standard InChI is InChI=1S/C84H105N21O10/c1-8-50(6)75-82(113)98-70(41-53-47-88-49-92-53)80(111)97-68(40-52-46-91-64-28-18-16-24-58(52)64)79(110)95-66(30-21-36-89-84(86)87)77(108)96-67(39-51-45-90-63-27-17-15-23-57(51)63)78(109)94-65(76(85)107)29-19-20-38-105-48-54(100-101-105)42-69(81(112)99-75)93-73(106)31-22-37-102(7)83(114)60-26-14-13-25-59(60)74-61-34-32-55(103(9-2)10-3)43-71(61)115-72-44-56(33-35-62(72)74)104(11-4)12-5/h13-18,23-28,32-35,43-50,65-70,75,90-91H,8-12,19-22,29-31,36-42H2,1-7H3,(H13-,85,86,87,88,89,92,93,94,95,96,97,98,99,106,107,108,109,110,111,112,113)/p+1/t50-,65-,66-,67-,68-,69-,70-,75-/m0/s1. The quantitative estimate of drug-likeness (QED) is 0.0113. The van der Waals surface area contributed by atoms with Crippen molar-refractivity contribution in [1.82, 2.24) is 86.9 Å². The molecule has 16 N–H and O–H groups in total. The second-order valence-electron chi connectivity index (χ2n) is 29.3. The zero-order chi connectivity index (χ0) is 81.8. The van der Waals surface area contributed by atoms with Gasteiger partial charge in [-0.05, 0) is 125 Å². The van der Waals surface area contributed by atoms with Crippen molar-refractivity contribution in [2.45, 2.75) is 167 Å². The van der Waals surface area contributed by atoms with Crippen LogP contribution in [0.1, 0.15) is 126 Å². The van der Waals surface area contributed by atoms with Gasteiger partial charge >= 0.3 is 0 Å². The number of carbonyl (C=O) groups is 9. The summed E-state index contributed by atoms with van der Waals surface area (Å²) in [6, 6.07) is 24.9. The Labute approximate surface area is 666 Å². The third-order valence-electron chi connectivity index (χ3n) is 21.5. The number of hydrogen-bond acceptors (Lipinski definition) is 15. The van der Waals surface area contributed by atoms with Gasteiger partial charge in [-0.25, -0.2) is 9.56 Å². The van der Waals surface area contributed by atoms with Gasteiger partial charge in [0.15, 0.2) is 5.96 Å². The first-order valence-electron chi connectivity index (χ1n) is 39.7. The number of guanidine groups is 1. The Morgan fingerprint density at radius 2 is 1.32 bits per heavy atom. The molecule has 3 aliphatic rings. The number of anilines is 1. The molecule has 0 saturated carbocycles. The number of aromatic amines is 3. The molecule has 8 atom stereocenters. The summed E-state index contributed by atoms with van der Waals surface area (Å²) >= 11 is 0. The number of carbonyl (C=O) groups excluding carboxylic acids is 9. The van der Waals surface area contributed by atoms with Gasteiger partial charge in [0.1, 0.15) is 66.7 Å². The van der Waals surface area contributed by atoms with E-state index in [4.69, 9.17) is 21.3 Å². The van der Waals surface area contributed by atoms with Crippen LogP contribution < -0.4 is 68.8 Å². The monoisotopic (exact) mass is 1570 g/mol. The first-order chi connectivity index (χ1) is 55.5. The van der Waals surface area contributed by atoms with E-state index in [2.05, 4.69) is 146 Å². The van der Waals surface area contributed by atoms with Gasteiger partial charge in [-0.15, -0.1) is 5.10 Å². The predicted molar refractivity (Wildman–Crippen MR) is 440 cm³/mol. The number of benzene rings is 5. The van der Waals surface area contributed by atoms with Gasteiger partial charge < -0.3 is 83.2 Å². The Morgan fingerprint density at radius 1 is 0.687 bits per heavy atom. The maximum atomic E-state index is 15.3. The average Bonchev–Trinajstić information content (AvgIpc) is 1.49. The molecule has 4 aromatic heterocycles.